The summed E-state index contributed by atoms with van der Waals surface area (Å²) in [6, 6.07) is 4.98. The fraction of sp³-hybridized carbons (Fsp3) is 0.333. The lowest BCUT2D eigenvalue weighted by Crippen LogP contribution is -2.24. The van der Waals surface area contributed by atoms with E-state index >= 15 is 0 Å². The number of carbonyl (C=O) groups is 1. The van der Waals surface area contributed by atoms with Crippen molar-refractivity contribution in [2.45, 2.75) is 32.9 Å². The topological polar surface area (TPSA) is 90.4 Å². The Hall–Kier alpha value is -2.50. The molecule has 6 heteroatoms. The van der Waals surface area contributed by atoms with Crippen LogP contribution in [0.5, 0.6) is 0 Å². The number of nitrogens with zero attached hydrogens (tertiary/aromatic N) is 1. The molecule has 0 saturated carbocycles. The number of ether oxygens (including phenoxy) is 1. The molecule has 1 heterocycles. The lowest BCUT2D eigenvalue weighted by atomic mass is 10.1. The summed E-state index contributed by atoms with van der Waals surface area (Å²) >= 11 is 0. The number of hydrogen-bond donors (Lipinski definition) is 2. The quantitative estimate of drug-likeness (QED) is 0.664. The minimum atomic E-state index is -0.536. The van der Waals surface area contributed by atoms with Gasteiger partial charge in [0.2, 0.25) is 0 Å². The summed E-state index contributed by atoms with van der Waals surface area (Å²) in [7, 11) is 0. The molecule has 112 valence electrons. The Morgan fingerprint density at radius 3 is 2.81 bits per heavy atom. The van der Waals surface area contributed by atoms with Crippen LogP contribution in [0.4, 0.5) is 11.4 Å². The predicted molar refractivity (Wildman–Crippen MR) is 79.9 cm³/mol. The van der Waals surface area contributed by atoms with Crippen molar-refractivity contribution in [3.8, 4) is 0 Å². The summed E-state index contributed by atoms with van der Waals surface area (Å²) in [5.74, 6) is 0.294. The summed E-state index contributed by atoms with van der Waals surface area (Å²) in [5, 5.41) is 3.11. The third kappa shape index (κ3) is 4.24. The molecule has 0 aliphatic rings. The maximum atomic E-state index is 12.0. The molecule has 2 aromatic rings. The average Bonchev–Trinajstić information content (AvgIpc) is 2.88. The first-order valence-electron chi connectivity index (χ1n) is 6.59. The van der Waals surface area contributed by atoms with E-state index < -0.39 is 5.60 Å². The molecular formula is C15H19N3O3. The Labute approximate surface area is 123 Å². The van der Waals surface area contributed by atoms with E-state index in [2.05, 4.69) is 10.3 Å². The SMILES string of the molecule is CC(C)(C)OC(=O)c1ccc(N)c(NCc2cnco2)c1. The van der Waals surface area contributed by atoms with Gasteiger partial charge in [-0.15, -0.1) is 0 Å². The largest absolute Gasteiger partial charge is 0.456 e. The summed E-state index contributed by atoms with van der Waals surface area (Å²) in [4.78, 5) is 15.9. The third-order valence-corrected chi connectivity index (χ3v) is 2.62. The van der Waals surface area contributed by atoms with Crippen molar-refractivity contribution < 1.29 is 13.9 Å². The van der Waals surface area contributed by atoms with Gasteiger partial charge in [-0.25, -0.2) is 9.78 Å². The number of carbonyl (C=O) groups excluding carboxylic acids is 1. The highest BCUT2D eigenvalue weighted by molar-refractivity contribution is 5.92. The molecule has 0 atom stereocenters. The number of oxazole rings is 1. The predicted octanol–water partition coefficient (Wildman–Crippen LogP) is 2.82. The number of nitrogens with two attached hydrogens (primary N) is 1. The fourth-order valence-electron chi connectivity index (χ4n) is 1.69. The summed E-state index contributed by atoms with van der Waals surface area (Å²) < 4.78 is 10.5. The highest BCUT2D eigenvalue weighted by Gasteiger charge is 2.18. The molecule has 0 aliphatic heterocycles. The Kier molecular flexibility index (Phi) is 4.16. The molecular weight excluding hydrogens is 270 g/mol. The van der Waals surface area contributed by atoms with Crippen molar-refractivity contribution in [1.82, 2.24) is 4.98 Å². The first-order valence-corrected chi connectivity index (χ1v) is 6.59. The van der Waals surface area contributed by atoms with Crippen LogP contribution in [0.15, 0.2) is 35.2 Å². The highest BCUT2D eigenvalue weighted by atomic mass is 16.6. The van der Waals surface area contributed by atoms with Crippen LogP contribution in [0.3, 0.4) is 0 Å². The fourth-order valence-corrected chi connectivity index (χ4v) is 1.69. The van der Waals surface area contributed by atoms with Crippen LogP contribution in [-0.4, -0.2) is 16.6 Å². The molecule has 0 aliphatic carbocycles. The van der Waals surface area contributed by atoms with Gasteiger partial charge in [-0.1, -0.05) is 0 Å². The molecule has 0 fully saturated rings. The van der Waals surface area contributed by atoms with Crippen LogP contribution in [0.25, 0.3) is 0 Å². The van der Waals surface area contributed by atoms with Crippen molar-refractivity contribution in [3.05, 3.63) is 42.1 Å². The summed E-state index contributed by atoms with van der Waals surface area (Å²) in [6.07, 6.45) is 2.97. The van der Waals surface area contributed by atoms with E-state index in [1.165, 1.54) is 6.39 Å². The van der Waals surface area contributed by atoms with Crippen molar-refractivity contribution in [2.75, 3.05) is 11.1 Å². The lowest BCUT2D eigenvalue weighted by molar-refractivity contribution is 0.00696. The molecule has 21 heavy (non-hydrogen) atoms. The lowest BCUT2D eigenvalue weighted by Gasteiger charge is -2.20. The normalized spacial score (nSPS) is 11.2. The van der Waals surface area contributed by atoms with Gasteiger partial charge < -0.3 is 20.2 Å². The maximum Gasteiger partial charge on any atom is 0.338 e. The van der Waals surface area contributed by atoms with E-state index in [1.807, 2.05) is 20.8 Å². The minimum absolute atomic E-state index is 0.384. The Morgan fingerprint density at radius 1 is 1.43 bits per heavy atom. The van der Waals surface area contributed by atoms with Gasteiger partial charge in [0, 0.05) is 0 Å². The van der Waals surface area contributed by atoms with Gasteiger partial charge in [0.1, 0.15) is 11.4 Å². The Bertz CT molecular complexity index is 616. The van der Waals surface area contributed by atoms with Crippen LogP contribution in [-0.2, 0) is 11.3 Å². The Balaban J connectivity index is 2.11. The third-order valence-electron chi connectivity index (χ3n) is 2.62. The molecule has 0 saturated heterocycles. The second-order valence-electron chi connectivity index (χ2n) is 5.63. The van der Waals surface area contributed by atoms with E-state index in [9.17, 15) is 4.79 Å². The molecule has 0 radical (unpaired) electrons. The van der Waals surface area contributed by atoms with Gasteiger partial charge in [0.15, 0.2) is 6.39 Å². The maximum absolute atomic E-state index is 12.0. The molecule has 3 N–H and O–H groups in total. The van der Waals surface area contributed by atoms with Crippen LogP contribution in [0.1, 0.15) is 36.9 Å². The monoisotopic (exact) mass is 289 g/mol. The van der Waals surface area contributed by atoms with Crippen molar-refractivity contribution >= 4 is 17.3 Å². The zero-order valence-corrected chi connectivity index (χ0v) is 12.3. The zero-order valence-electron chi connectivity index (χ0n) is 12.3. The van der Waals surface area contributed by atoms with Gasteiger partial charge in [-0.05, 0) is 39.0 Å². The van der Waals surface area contributed by atoms with Crippen molar-refractivity contribution in [2.24, 2.45) is 0 Å². The highest BCUT2D eigenvalue weighted by Crippen LogP contribution is 2.22. The first kappa shape index (κ1) is 14.9. The minimum Gasteiger partial charge on any atom is -0.456 e. The number of benzene rings is 1. The molecule has 2 rings (SSSR count). The number of anilines is 2. The molecule has 6 nitrogen and oxygen atoms in total. The molecule has 0 unspecified atom stereocenters. The second kappa shape index (κ2) is 5.87. The van der Waals surface area contributed by atoms with Gasteiger partial charge in [0.25, 0.3) is 0 Å². The van der Waals surface area contributed by atoms with Crippen LogP contribution < -0.4 is 11.1 Å². The van der Waals surface area contributed by atoms with E-state index in [-0.39, 0.29) is 5.97 Å². The number of nitrogens with one attached hydrogen (secondary N) is 1. The average molecular weight is 289 g/mol. The first-order chi connectivity index (χ1) is 9.85. The zero-order chi connectivity index (χ0) is 15.5. The van der Waals surface area contributed by atoms with E-state index in [4.69, 9.17) is 14.9 Å². The van der Waals surface area contributed by atoms with Crippen LogP contribution in [0, 0.1) is 0 Å². The van der Waals surface area contributed by atoms with Gasteiger partial charge in [0.05, 0.1) is 29.7 Å². The van der Waals surface area contributed by atoms with E-state index in [1.54, 1.807) is 24.4 Å². The molecule has 0 bridgehead atoms. The molecule has 0 amide bonds. The summed E-state index contributed by atoms with van der Waals surface area (Å²) in [6.45, 7) is 5.91. The number of aromatic nitrogens is 1. The van der Waals surface area contributed by atoms with Gasteiger partial charge in [-0.3, -0.25) is 0 Å². The van der Waals surface area contributed by atoms with Gasteiger partial charge >= 0.3 is 5.97 Å². The van der Waals surface area contributed by atoms with Crippen LogP contribution >= 0.6 is 0 Å². The Morgan fingerprint density at radius 2 is 2.19 bits per heavy atom. The number of esters is 1. The van der Waals surface area contributed by atoms with E-state index in [0.717, 1.165) is 0 Å². The molecule has 0 spiro atoms. The smallest absolute Gasteiger partial charge is 0.338 e. The van der Waals surface area contributed by atoms with Gasteiger partial charge in [-0.2, -0.15) is 0 Å². The molecule has 1 aromatic heterocycles. The number of rotatable bonds is 4. The van der Waals surface area contributed by atoms with E-state index in [0.29, 0.717) is 29.2 Å². The molecule has 1 aromatic carbocycles. The van der Waals surface area contributed by atoms with Crippen molar-refractivity contribution in [1.29, 1.82) is 0 Å². The second-order valence-corrected chi connectivity index (χ2v) is 5.63. The standard InChI is InChI=1S/C15H19N3O3/c1-15(2,3)21-14(19)10-4-5-12(16)13(6-10)18-8-11-7-17-9-20-11/h4-7,9,18H,8,16H2,1-3H3. The number of nitrogen functional groups attached to an aromatic ring is 1. The summed E-state index contributed by atoms with van der Waals surface area (Å²) in [5.41, 5.74) is 6.99. The van der Waals surface area contributed by atoms with Crippen molar-refractivity contribution in [3.63, 3.8) is 0 Å². The van der Waals surface area contributed by atoms with Crippen LogP contribution in [0.2, 0.25) is 0 Å². The number of hydrogen-bond acceptors (Lipinski definition) is 6.